The van der Waals surface area contributed by atoms with Crippen molar-refractivity contribution in [3.63, 3.8) is 0 Å². The lowest BCUT2D eigenvalue weighted by Gasteiger charge is -2.32. The normalized spacial score (nSPS) is 18.3. The maximum Gasteiger partial charge on any atom is 0.320 e. The Morgan fingerprint density at radius 3 is 2.30 bits per heavy atom. The van der Waals surface area contributed by atoms with Gasteiger partial charge in [0.2, 0.25) is 5.88 Å². The van der Waals surface area contributed by atoms with E-state index in [1.165, 1.54) is 0 Å². The Kier molecular flexibility index (Phi) is 5.52. The Morgan fingerprint density at radius 2 is 1.64 bits per heavy atom. The minimum atomic E-state index is -1.65. The topological polar surface area (TPSA) is 90.5 Å². The lowest BCUT2D eigenvalue weighted by Crippen LogP contribution is -2.34. The number of aryl methyl sites for hydroxylation is 4. The quantitative estimate of drug-likeness (QED) is 0.610. The summed E-state index contributed by atoms with van der Waals surface area (Å²) in [5.41, 5.74) is 0.945. The van der Waals surface area contributed by atoms with Gasteiger partial charge in [-0.3, -0.25) is 0 Å². The first kappa shape index (κ1) is 23.2. The van der Waals surface area contributed by atoms with E-state index in [0.29, 0.717) is 29.3 Å². The molecule has 0 radical (unpaired) electrons. The third kappa shape index (κ3) is 4.60. The van der Waals surface area contributed by atoms with Crippen LogP contribution in [-0.2, 0) is 18.4 Å². The first-order valence-corrected chi connectivity index (χ1v) is 11.3. The van der Waals surface area contributed by atoms with E-state index in [1.807, 2.05) is 60.6 Å². The Bertz CT molecular complexity index is 1190. The van der Waals surface area contributed by atoms with Crippen LogP contribution in [0.3, 0.4) is 0 Å². The van der Waals surface area contributed by atoms with E-state index in [0.717, 1.165) is 23.1 Å². The number of aliphatic hydroxyl groups is 1. The fourth-order valence-electron chi connectivity index (χ4n) is 4.10. The summed E-state index contributed by atoms with van der Waals surface area (Å²) in [6.07, 6.45) is 2.94. The van der Waals surface area contributed by atoms with E-state index in [9.17, 15) is 5.11 Å². The summed E-state index contributed by atoms with van der Waals surface area (Å²) in [4.78, 5) is 13.7. The van der Waals surface area contributed by atoms with Gasteiger partial charge in [-0.1, -0.05) is 23.8 Å². The highest BCUT2D eigenvalue weighted by atomic mass is 16.5. The Balaban J connectivity index is 2.01. The lowest BCUT2D eigenvalue weighted by molar-refractivity contribution is 0.0831. The molecule has 2 heterocycles. The molecule has 1 unspecified atom stereocenters. The number of nitrogens with zero attached hydrogens (tertiary/aromatic N) is 3. The van der Waals surface area contributed by atoms with Gasteiger partial charge in [-0.25, -0.2) is 9.97 Å². The summed E-state index contributed by atoms with van der Waals surface area (Å²) in [6.45, 7) is 15.4. The molecule has 1 aromatic carbocycles. The fraction of sp³-hybridized carbons (Fsp3) is 0.500. The standard InChI is InChI=1S/C26H33N3O4/c1-15-9-10-17-11-12-20-21(28-16(2)31-20)26(30,18(17)13-15)19-14-27-23(33-25(6,7)8)29-22(19)32-24(3,4)5/h9-10,13-14,30H,11-12H2,1-8H3. The predicted octanol–water partition coefficient (Wildman–Crippen LogP) is 4.82. The SMILES string of the molecule is Cc1ccc2c(c1)C(O)(c1cnc(OC(C)(C)C)nc1OC(C)(C)C)c1nc(C)oc1CC2. The van der Waals surface area contributed by atoms with Crippen molar-refractivity contribution in [1.82, 2.24) is 15.0 Å². The van der Waals surface area contributed by atoms with Crippen molar-refractivity contribution in [2.75, 3.05) is 0 Å². The molecule has 7 heteroatoms. The molecule has 0 fully saturated rings. The average Bonchev–Trinajstić information content (AvgIpc) is 3.00. The van der Waals surface area contributed by atoms with Crippen molar-refractivity contribution >= 4 is 0 Å². The number of ether oxygens (including phenoxy) is 2. The molecule has 1 atom stereocenters. The van der Waals surface area contributed by atoms with Gasteiger partial charge in [0.1, 0.15) is 22.7 Å². The lowest BCUT2D eigenvalue weighted by atomic mass is 9.82. The van der Waals surface area contributed by atoms with Crippen LogP contribution in [0.15, 0.2) is 28.8 Å². The molecule has 1 N–H and O–H groups in total. The molecular formula is C26H33N3O4. The number of oxazole rings is 1. The monoisotopic (exact) mass is 451 g/mol. The van der Waals surface area contributed by atoms with Gasteiger partial charge < -0.3 is 19.0 Å². The summed E-state index contributed by atoms with van der Waals surface area (Å²) in [5.74, 6) is 1.40. The average molecular weight is 452 g/mol. The second kappa shape index (κ2) is 7.83. The number of benzene rings is 1. The highest BCUT2D eigenvalue weighted by molar-refractivity contribution is 5.54. The van der Waals surface area contributed by atoms with Crippen LogP contribution in [0, 0.1) is 13.8 Å². The molecule has 0 aliphatic heterocycles. The molecule has 176 valence electrons. The molecule has 0 bridgehead atoms. The molecule has 7 nitrogen and oxygen atoms in total. The van der Waals surface area contributed by atoms with Gasteiger partial charge >= 0.3 is 6.01 Å². The van der Waals surface area contributed by atoms with Crippen LogP contribution in [0.1, 0.15) is 81.1 Å². The summed E-state index contributed by atoms with van der Waals surface area (Å²) in [5, 5.41) is 12.5. The van der Waals surface area contributed by atoms with Crippen molar-refractivity contribution < 1.29 is 19.0 Å². The number of rotatable bonds is 3. The van der Waals surface area contributed by atoms with Crippen molar-refractivity contribution in [1.29, 1.82) is 0 Å². The molecule has 0 saturated carbocycles. The maximum absolute atomic E-state index is 12.5. The van der Waals surface area contributed by atoms with E-state index in [1.54, 1.807) is 13.1 Å². The third-order valence-corrected chi connectivity index (χ3v) is 5.35. The van der Waals surface area contributed by atoms with E-state index >= 15 is 0 Å². The zero-order valence-corrected chi connectivity index (χ0v) is 20.7. The molecular weight excluding hydrogens is 418 g/mol. The van der Waals surface area contributed by atoms with E-state index < -0.39 is 16.8 Å². The first-order chi connectivity index (χ1) is 15.3. The molecule has 4 rings (SSSR count). The largest absolute Gasteiger partial charge is 0.471 e. The van der Waals surface area contributed by atoms with Gasteiger partial charge in [0, 0.05) is 19.5 Å². The van der Waals surface area contributed by atoms with Crippen LogP contribution < -0.4 is 9.47 Å². The van der Waals surface area contributed by atoms with Crippen LogP contribution in [0.25, 0.3) is 0 Å². The van der Waals surface area contributed by atoms with E-state index in [4.69, 9.17) is 13.9 Å². The Morgan fingerprint density at radius 1 is 0.939 bits per heavy atom. The van der Waals surface area contributed by atoms with Crippen molar-refractivity contribution in [2.24, 2.45) is 0 Å². The smallest absolute Gasteiger partial charge is 0.320 e. The Hall–Kier alpha value is -2.93. The summed E-state index contributed by atoms with van der Waals surface area (Å²) >= 11 is 0. The number of aromatic nitrogens is 3. The molecule has 1 aliphatic rings. The third-order valence-electron chi connectivity index (χ3n) is 5.35. The van der Waals surface area contributed by atoms with Crippen molar-refractivity contribution in [2.45, 2.75) is 85.0 Å². The van der Waals surface area contributed by atoms with Gasteiger partial charge in [-0.15, -0.1) is 0 Å². The number of fused-ring (bicyclic) bond motifs is 2. The van der Waals surface area contributed by atoms with E-state index in [-0.39, 0.29) is 11.9 Å². The van der Waals surface area contributed by atoms with Crippen LogP contribution in [0.4, 0.5) is 0 Å². The Labute approximate surface area is 195 Å². The summed E-state index contributed by atoms with van der Waals surface area (Å²) in [7, 11) is 0. The van der Waals surface area contributed by atoms with E-state index in [2.05, 4.69) is 21.0 Å². The zero-order valence-electron chi connectivity index (χ0n) is 20.7. The van der Waals surface area contributed by atoms with Gasteiger partial charge in [-0.05, 0) is 66.0 Å². The number of hydrogen-bond acceptors (Lipinski definition) is 7. The van der Waals surface area contributed by atoms with Crippen LogP contribution >= 0.6 is 0 Å². The number of hydrogen-bond donors (Lipinski definition) is 1. The molecule has 0 amide bonds. The van der Waals surface area contributed by atoms with Crippen LogP contribution in [0.2, 0.25) is 0 Å². The molecule has 2 aromatic heterocycles. The van der Waals surface area contributed by atoms with Crippen molar-refractivity contribution in [3.8, 4) is 11.9 Å². The predicted molar refractivity (Wildman–Crippen MR) is 125 cm³/mol. The van der Waals surface area contributed by atoms with Gasteiger partial charge in [0.25, 0.3) is 0 Å². The second-order valence-corrected chi connectivity index (χ2v) is 10.7. The van der Waals surface area contributed by atoms with Gasteiger partial charge in [0.15, 0.2) is 11.5 Å². The van der Waals surface area contributed by atoms with Gasteiger partial charge in [-0.2, -0.15) is 4.98 Å². The van der Waals surface area contributed by atoms with Crippen LogP contribution in [-0.4, -0.2) is 31.3 Å². The fourth-order valence-corrected chi connectivity index (χ4v) is 4.10. The molecule has 0 spiro atoms. The second-order valence-electron chi connectivity index (χ2n) is 10.7. The van der Waals surface area contributed by atoms with Crippen molar-refractivity contribution in [3.05, 3.63) is 64.0 Å². The highest BCUT2D eigenvalue weighted by Crippen LogP contribution is 2.46. The summed E-state index contributed by atoms with van der Waals surface area (Å²) in [6, 6.07) is 6.28. The molecule has 3 aromatic rings. The summed E-state index contributed by atoms with van der Waals surface area (Å²) < 4.78 is 18.1. The minimum absolute atomic E-state index is 0.184. The van der Waals surface area contributed by atoms with Gasteiger partial charge in [0.05, 0.1) is 5.56 Å². The minimum Gasteiger partial charge on any atom is -0.471 e. The molecule has 33 heavy (non-hydrogen) atoms. The first-order valence-electron chi connectivity index (χ1n) is 11.3. The molecule has 0 saturated heterocycles. The maximum atomic E-state index is 12.5. The molecule has 1 aliphatic carbocycles. The zero-order chi connectivity index (χ0) is 24.2. The van der Waals surface area contributed by atoms with Crippen LogP contribution in [0.5, 0.6) is 11.9 Å². The highest BCUT2D eigenvalue weighted by Gasteiger charge is 2.46.